The van der Waals surface area contributed by atoms with Crippen LogP contribution in [0.3, 0.4) is 0 Å². The van der Waals surface area contributed by atoms with Gasteiger partial charge in [0.15, 0.2) is 0 Å². The Morgan fingerprint density at radius 1 is 1.25 bits per heavy atom. The van der Waals surface area contributed by atoms with E-state index in [4.69, 9.17) is 4.74 Å². The van der Waals surface area contributed by atoms with Crippen molar-refractivity contribution in [2.75, 3.05) is 25.1 Å². The molecule has 0 atom stereocenters. The fourth-order valence-corrected chi connectivity index (χ4v) is 1.87. The molecule has 92 valence electrons. The van der Waals surface area contributed by atoms with Crippen molar-refractivity contribution in [1.29, 1.82) is 0 Å². The summed E-state index contributed by atoms with van der Waals surface area (Å²) in [5, 5.41) is 4.13. The second-order valence-corrected chi connectivity index (χ2v) is 4.41. The zero-order valence-electron chi connectivity index (χ0n) is 10.2. The highest BCUT2D eigenvalue weighted by atomic mass is 32.1. The molecule has 0 aliphatic rings. The van der Waals surface area contributed by atoms with Crippen molar-refractivity contribution in [3.8, 4) is 0 Å². The van der Waals surface area contributed by atoms with Gasteiger partial charge in [-0.15, -0.1) is 0 Å². The molecule has 1 rings (SSSR count). The molecule has 0 aliphatic heterocycles. The van der Waals surface area contributed by atoms with Crippen molar-refractivity contribution in [1.82, 2.24) is 9.36 Å². The Morgan fingerprint density at radius 2 is 2.12 bits per heavy atom. The molecule has 16 heavy (non-hydrogen) atoms. The first-order valence-corrected chi connectivity index (χ1v) is 6.78. The number of nitrogens with one attached hydrogen (secondary N) is 1. The lowest BCUT2D eigenvalue weighted by Crippen LogP contribution is -2.09. The Balaban J connectivity index is 2.07. The quantitative estimate of drug-likeness (QED) is 0.677. The monoisotopic (exact) mass is 243 g/mol. The van der Waals surface area contributed by atoms with Crippen molar-refractivity contribution in [3.63, 3.8) is 0 Å². The Kier molecular flexibility index (Phi) is 7.09. The molecule has 0 radical (unpaired) electrons. The first-order chi connectivity index (χ1) is 7.86. The summed E-state index contributed by atoms with van der Waals surface area (Å²) in [6.45, 7) is 6.70. The maximum atomic E-state index is 5.44. The van der Waals surface area contributed by atoms with E-state index in [1.54, 1.807) is 0 Å². The Hall–Kier alpha value is -0.680. The first-order valence-electron chi connectivity index (χ1n) is 6.01. The van der Waals surface area contributed by atoms with Crippen molar-refractivity contribution in [2.24, 2.45) is 0 Å². The van der Waals surface area contributed by atoms with Gasteiger partial charge >= 0.3 is 0 Å². The number of aromatic nitrogens is 2. The van der Waals surface area contributed by atoms with E-state index >= 15 is 0 Å². The lowest BCUT2D eigenvalue weighted by Gasteiger charge is -2.03. The lowest BCUT2D eigenvalue weighted by molar-refractivity contribution is 0.141. The largest absolute Gasteiger partial charge is 0.380 e. The van der Waals surface area contributed by atoms with Crippen molar-refractivity contribution >= 4 is 16.7 Å². The maximum Gasteiger partial charge on any atom is 0.202 e. The number of nitrogens with zero attached hydrogens (tertiary/aromatic N) is 2. The van der Waals surface area contributed by atoms with Gasteiger partial charge in [-0.1, -0.05) is 20.3 Å². The van der Waals surface area contributed by atoms with E-state index in [1.807, 2.05) is 0 Å². The average molecular weight is 243 g/mol. The van der Waals surface area contributed by atoms with Gasteiger partial charge in [0, 0.05) is 31.1 Å². The van der Waals surface area contributed by atoms with Gasteiger partial charge in [0.05, 0.1) is 6.61 Å². The predicted molar refractivity (Wildman–Crippen MR) is 68.1 cm³/mol. The molecule has 0 aromatic carbocycles. The molecule has 1 aromatic heterocycles. The third kappa shape index (κ3) is 5.42. The molecule has 1 heterocycles. The molecule has 0 amide bonds. The van der Waals surface area contributed by atoms with Crippen LogP contribution in [0.15, 0.2) is 0 Å². The molecule has 0 saturated carbocycles. The number of rotatable bonds is 9. The summed E-state index contributed by atoms with van der Waals surface area (Å²) in [7, 11) is 0. The molecule has 0 bridgehead atoms. The summed E-state index contributed by atoms with van der Waals surface area (Å²) >= 11 is 1.43. The molecule has 0 saturated heterocycles. The van der Waals surface area contributed by atoms with E-state index in [0.717, 1.165) is 50.0 Å². The minimum atomic E-state index is 0.739. The van der Waals surface area contributed by atoms with E-state index in [1.165, 1.54) is 18.0 Å². The van der Waals surface area contributed by atoms with Gasteiger partial charge in [0.2, 0.25) is 5.13 Å². The van der Waals surface area contributed by atoms with Crippen molar-refractivity contribution < 1.29 is 4.74 Å². The number of ether oxygens (including phenoxy) is 1. The van der Waals surface area contributed by atoms with E-state index in [2.05, 4.69) is 28.5 Å². The van der Waals surface area contributed by atoms with Crippen molar-refractivity contribution in [3.05, 3.63) is 5.82 Å². The van der Waals surface area contributed by atoms with Gasteiger partial charge in [0.25, 0.3) is 0 Å². The molecule has 0 spiro atoms. The second-order valence-electron chi connectivity index (χ2n) is 3.66. The smallest absolute Gasteiger partial charge is 0.202 e. The molecule has 1 aromatic rings. The highest BCUT2D eigenvalue weighted by Crippen LogP contribution is 2.11. The van der Waals surface area contributed by atoms with Crippen LogP contribution in [0.2, 0.25) is 0 Å². The van der Waals surface area contributed by atoms with E-state index in [0.29, 0.717) is 0 Å². The maximum absolute atomic E-state index is 5.44. The standard InChI is InChI=1S/C11H21N3OS/c1-3-5-8-15-9-7-12-11-13-10(6-4-2)14-16-11/h3-9H2,1-2H3,(H,12,13,14). The lowest BCUT2D eigenvalue weighted by atomic mass is 10.3. The van der Waals surface area contributed by atoms with Crippen LogP contribution in [0.25, 0.3) is 0 Å². The van der Waals surface area contributed by atoms with E-state index in [-0.39, 0.29) is 0 Å². The number of anilines is 1. The van der Waals surface area contributed by atoms with Crippen LogP contribution in [0.1, 0.15) is 38.9 Å². The van der Waals surface area contributed by atoms with Crippen LogP contribution < -0.4 is 5.32 Å². The first kappa shape index (κ1) is 13.4. The van der Waals surface area contributed by atoms with Crippen LogP contribution in [-0.4, -0.2) is 29.1 Å². The second kappa shape index (κ2) is 8.47. The van der Waals surface area contributed by atoms with Crippen molar-refractivity contribution in [2.45, 2.75) is 39.5 Å². The summed E-state index contributed by atoms with van der Waals surface area (Å²) in [6, 6.07) is 0. The molecular formula is C11H21N3OS. The fraction of sp³-hybridized carbons (Fsp3) is 0.818. The van der Waals surface area contributed by atoms with Gasteiger partial charge in [0.1, 0.15) is 5.82 Å². The summed E-state index contributed by atoms with van der Waals surface area (Å²) in [5.74, 6) is 0.946. The van der Waals surface area contributed by atoms with E-state index < -0.39 is 0 Å². The Bertz CT molecular complexity index is 278. The molecular weight excluding hydrogens is 222 g/mol. The van der Waals surface area contributed by atoms with Crippen LogP contribution >= 0.6 is 11.5 Å². The van der Waals surface area contributed by atoms with Crippen LogP contribution in [0.5, 0.6) is 0 Å². The molecule has 0 unspecified atom stereocenters. The Morgan fingerprint density at radius 3 is 2.88 bits per heavy atom. The van der Waals surface area contributed by atoms with Gasteiger partial charge < -0.3 is 10.1 Å². The zero-order chi connectivity index (χ0) is 11.6. The summed E-state index contributed by atoms with van der Waals surface area (Å²) < 4.78 is 9.71. The third-order valence-corrected chi connectivity index (χ3v) is 2.82. The number of aryl methyl sites for hydroxylation is 1. The molecule has 0 aliphatic carbocycles. The third-order valence-electron chi connectivity index (χ3n) is 2.11. The summed E-state index contributed by atoms with van der Waals surface area (Å²) in [5.41, 5.74) is 0. The van der Waals surface area contributed by atoms with Gasteiger partial charge in [-0.2, -0.15) is 4.37 Å². The average Bonchev–Trinajstić information content (AvgIpc) is 2.72. The van der Waals surface area contributed by atoms with Gasteiger partial charge in [-0.3, -0.25) is 0 Å². The minimum Gasteiger partial charge on any atom is -0.380 e. The normalized spacial score (nSPS) is 10.6. The fourth-order valence-electron chi connectivity index (χ4n) is 1.23. The highest BCUT2D eigenvalue weighted by molar-refractivity contribution is 7.09. The zero-order valence-corrected chi connectivity index (χ0v) is 11.0. The van der Waals surface area contributed by atoms with Gasteiger partial charge in [-0.05, 0) is 12.8 Å². The number of hydrogen-bond donors (Lipinski definition) is 1. The number of unbranched alkanes of at least 4 members (excludes halogenated alkanes) is 1. The molecule has 4 nitrogen and oxygen atoms in total. The minimum absolute atomic E-state index is 0.739. The summed E-state index contributed by atoms with van der Waals surface area (Å²) in [6.07, 6.45) is 4.38. The van der Waals surface area contributed by atoms with Crippen LogP contribution in [0, 0.1) is 0 Å². The van der Waals surface area contributed by atoms with Gasteiger partial charge in [-0.25, -0.2) is 4.98 Å². The molecule has 5 heteroatoms. The van der Waals surface area contributed by atoms with E-state index in [9.17, 15) is 0 Å². The van der Waals surface area contributed by atoms with Crippen LogP contribution in [0.4, 0.5) is 5.13 Å². The Labute approximate surface area is 102 Å². The number of hydrogen-bond acceptors (Lipinski definition) is 5. The molecule has 1 N–H and O–H groups in total. The SMILES string of the molecule is CCCCOCCNc1nc(CCC)ns1. The predicted octanol–water partition coefficient (Wildman–Crippen LogP) is 2.72. The highest BCUT2D eigenvalue weighted by Gasteiger charge is 2.01. The summed E-state index contributed by atoms with van der Waals surface area (Å²) in [4.78, 5) is 4.37. The van der Waals surface area contributed by atoms with Crippen LogP contribution in [-0.2, 0) is 11.2 Å². The topological polar surface area (TPSA) is 47.0 Å². The molecule has 0 fully saturated rings.